The SMILES string of the molecule is CC(C)c1c(C(=O)Nc2ccccc2)c(-c2ccccc2)c(-c2ccc(F)cc2)n1CC[C@@H](O)C[C@@H](O)CC(=O)[O-].[Ca+2].[OH-]. The van der Waals surface area contributed by atoms with Crippen LogP contribution in [-0.4, -0.2) is 82.1 Å². The van der Waals surface area contributed by atoms with E-state index < -0.39 is 30.4 Å². The minimum atomic E-state index is -1.39. The summed E-state index contributed by atoms with van der Waals surface area (Å²) in [4.78, 5) is 24.9. The summed E-state index contributed by atoms with van der Waals surface area (Å²) >= 11 is 0. The number of hydrogen-bond donors (Lipinski definition) is 3. The summed E-state index contributed by atoms with van der Waals surface area (Å²) in [6, 6.07) is 24.7. The van der Waals surface area contributed by atoms with Crippen LogP contribution in [0.15, 0.2) is 84.9 Å². The summed E-state index contributed by atoms with van der Waals surface area (Å²) in [5.41, 5.74) is 4.72. The molecule has 0 unspecified atom stereocenters. The van der Waals surface area contributed by atoms with Gasteiger partial charge in [-0.15, -0.1) is 0 Å². The second-order valence-electron chi connectivity index (χ2n) is 10.4. The minimum Gasteiger partial charge on any atom is -0.870 e. The van der Waals surface area contributed by atoms with Crippen LogP contribution in [0.1, 0.15) is 55.1 Å². The molecule has 0 bridgehead atoms. The summed E-state index contributed by atoms with van der Waals surface area (Å²) in [6.45, 7) is 4.22. The van der Waals surface area contributed by atoms with Crippen molar-refractivity contribution in [1.82, 2.24) is 4.57 Å². The number of nitrogens with zero attached hydrogens (tertiary/aromatic N) is 1. The maximum Gasteiger partial charge on any atom is 2.00 e. The molecule has 8 nitrogen and oxygen atoms in total. The number of carbonyl (C=O) groups is 2. The van der Waals surface area contributed by atoms with Crippen LogP contribution in [0.25, 0.3) is 22.4 Å². The van der Waals surface area contributed by atoms with Gasteiger partial charge in [0, 0.05) is 35.9 Å². The van der Waals surface area contributed by atoms with Crippen LogP contribution in [0.4, 0.5) is 10.1 Å². The molecule has 0 fully saturated rings. The topological polar surface area (TPSA) is 145 Å². The fourth-order valence-corrected chi connectivity index (χ4v) is 5.19. The van der Waals surface area contributed by atoms with Crippen molar-refractivity contribution in [2.75, 3.05) is 5.32 Å². The Balaban J connectivity index is 0.00000323. The Morgan fingerprint density at radius 3 is 2.02 bits per heavy atom. The molecule has 4 aromatic rings. The molecule has 0 aliphatic heterocycles. The van der Waals surface area contributed by atoms with Gasteiger partial charge < -0.3 is 35.5 Å². The molecular formula is C33H35CaFN2O6. The molecule has 0 radical (unpaired) electrons. The molecule has 43 heavy (non-hydrogen) atoms. The predicted octanol–water partition coefficient (Wildman–Crippen LogP) is 4.42. The van der Waals surface area contributed by atoms with Crippen LogP contribution < -0.4 is 10.4 Å². The summed E-state index contributed by atoms with van der Waals surface area (Å²) in [7, 11) is 0. The largest absolute Gasteiger partial charge is 2.00 e. The summed E-state index contributed by atoms with van der Waals surface area (Å²) in [5, 5.41) is 34.6. The Morgan fingerprint density at radius 2 is 1.47 bits per heavy atom. The van der Waals surface area contributed by atoms with Crippen LogP contribution in [0, 0.1) is 5.82 Å². The van der Waals surface area contributed by atoms with E-state index in [9.17, 15) is 29.3 Å². The normalized spacial score (nSPS) is 12.1. The molecule has 10 heteroatoms. The van der Waals surface area contributed by atoms with E-state index >= 15 is 0 Å². The Labute approximate surface area is 280 Å². The quantitative estimate of drug-likeness (QED) is 0.202. The first-order chi connectivity index (χ1) is 19.7. The molecule has 1 heterocycles. The van der Waals surface area contributed by atoms with Crippen molar-refractivity contribution >= 4 is 55.3 Å². The van der Waals surface area contributed by atoms with Gasteiger partial charge in [-0.3, -0.25) is 4.79 Å². The van der Waals surface area contributed by atoms with E-state index in [1.54, 1.807) is 24.3 Å². The van der Waals surface area contributed by atoms with Crippen molar-refractivity contribution in [3.05, 3.63) is 102 Å². The molecule has 0 spiro atoms. The Morgan fingerprint density at radius 1 is 0.884 bits per heavy atom. The number of halogens is 1. The predicted molar refractivity (Wildman–Crippen MR) is 162 cm³/mol. The Hall–Kier alpha value is -3.05. The van der Waals surface area contributed by atoms with Crippen molar-refractivity contribution in [1.29, 1.82) is 0 Å². The van der Waals surface area contributed by atoms with Gasteiger partial charge in [0.05, 0.1) is 23.5 Å². The van der Waals surface area contributed by atoms with Gasteiger partial charge in [-0.25, -0.2) is 4.39 Å². The van der Waals surface area contributed by atoms with Crippen molar-refractivity contribution in [2.24, 2.45) is 0 Å². The number of benzene rings is 3. The Bertz CT molecular complexity index is 1480. The van der Waals surface area contributed by atoms with E-state index in [1.165, 1.54) is 12.1 Å². The van der Waals surface area contributed by atoms with Crippen molar-refractivity contribution in [3.8, 4) is 22.4 Å². The molecule has 4 N–H and O–H groups in total. The van der Waals surface area contributed by atoms with Crippen LogP contribution >= 0.6 is 0 Å². The minimum absolute atomic E-state index is 0. The maximum atomic E-state index is 14.0. The van der Waals surface area contributed by atoms with Gasteiger partial charge in [0.25, 0.3) is 5.91 Å². The van der Waals surface area contributed by atoms with Gasteiger partial charge in [-0.05, 0) is 66.3 Å². The van der Waals surface area contributed by atoms with Gasteiger partial charge in [0.15, 0.2) is 0 Å². The number of carboxylic acid groups (broad SMARTS) is 1. The smallest absolute Gasteiger partial charge is 0.870 e. The maximum absolute atomic E-state index is 14.0. The van der Waals surface area contributed by atoms with E-state index in [0.717, 1.165) is 11.3 Å². The number of aliphatic hydroxyl groups excluding tert-OH is 2. The first kappa shape index (κ1) is 36.1. The number of rotatable bonds is 12. The number of para-hydroxylation sites is 1. The van der Waals surface area contributed by atoms with Crippen molar-refractivity contribution in [2.45, 2.75) is 57.8 Å². The van der Waals surface area contributed by atoms with Crippen LogP contribution in [-0.2, 0) is 11.3 Å². The second-order valence-corrected chi connectivity index (χ2v) is 10.4. The summed E-state index contributed by atoms with van der Waals surface area (Å²) in [5.74, 6) is -2.20. The zero-order valence-electron chi connectivity index (χ0n) is 24.2. The Kier molecular flexibility index (Phi) is 14.0. The average molecular weight is 615 g/mol. The number of nitrogens with one attached hydrogen (secondary N) is 1. The fraction of sp³-hybridized carbons (Fsp3) is 0.273. The second kappa shape index (κ2) is 16.7. The van der Waals surface area contributed by atoms with E-state index in [2.05, 4.69) is 5.32 Å². The molecule has 1 aromatic heterocycles. The van der Waals surface area contributed by atoms with E-state index in [0.29, 0.717) is 28.1 Å². The third-order valence-corrected chi connectivity index (χ3v) is 6.92. The van der Waals surface area contributed by atoms with Crippen molar-refractivity contribution < 1.29 is 34.8 Å². The molecule has 222 valence electrons. The number of hydrogen-bond acceptors (Lipinski definition) is 6. The van der Waals surface area contributed by atoms with Crippen LogP contribution in [0.5, 0.6) is 0 Å². The standard InChI is InChI=1S/C33H35FN2O5.Ca.H2O/c1-21(2)31-30(33(41)35-25-11-7-4-8-12-25)29(22-9-5-3-6-10-22)32(23-13-15-24(34)16-14-23)36(31)18-17-26(37)19-27(38)20-28(39)40;;/h3-16,21,26-27,37-38H,17-20H2,1-2H3,(H,35,41)(H,39,40);;1H2/q;+2;/p-2/t26-,27-;;/m1../s1. The number of carboxylic acids is 1. The number of aromatic nitrogens is 1. The molecule has 1 amide bonds. The van der Waals surface area contributed by atoms with Gasteiger partial charge in [-0.1, -0.05) is 62.4 Å². The molecule has 0 aliphatic rings. The van der Waals surface area contributed by atoms with Gasteiger partial charge in [0.2, 0.25) is 0 Å². The third-order valence-electron chi connectivity index (χ3n) is 6.92. The van der Waals surface area contributed by atoms with Gasteiger partial charge >= 0.3 is 37.7 Å². The molecule has 2 atom stereocenters. The molecule has 0 saturated carbocycles. The summed E-state index contributed by atoms with van der Waals surface area (Å²) < 4.78 is 16.0. The molecule has 4 rings (SSSR count). The average Bonchev–Trinajstić information content (AvgIpc) is 3.28. The van der Waals surface area contributed by atoms with Crippen LogP contribution in [0.3, 0.4) is 0 Å². The zero-order chi connectivity index (χ0) is 29.5. The summed E-state index contributed by atoms with van der Waals surface area (Å²) in [6.07, 6.45) is -2.77. The van der Waals surface area contributed by atoms with Crippen LogP contribution in [0.2, 0.25) is 0 Å². The number of aliphatic carboxylic acids is 1. The molecule has 0 aliphatic carbocycles. The first-order valence-corrected chi connectivity index (χ1v) is 13.7. The number of amides is 1. The van der Waals surface area contributed by atoms with Gasteiger partial charge in [0.1, 0.15) is 5.82 Å². The third kappa shape index (κ3) is 9.22. The molecular weight excluding hydrogens is 579 g/mol. The fourth-order valence-electron chi connectivity index (χ4n) is 5.19. The van der Waals surface area contributed by atoms with E-state index in [1.807, 2.05) is 66.9 Å². The van der Waals surface area contributed by atoms with Crippen molar-refractivity contribution in [3.63, 3.8) is 0 Å². The van der Waals surface area contributed by atoms with Gasteiger partial charge in [-0.2, -0.15) is 0 Å². The molecule has 3 aromatic carbocycles. The van der Waals surface area contributed by atoms with E-state index in [-0.39, 0.29) is 74.4 Å². The first-order valence-electron chi connectivity index (χ1n) is 13.7. The zero-order valence-corrected chi connectivity index (χ0v) is 26.5. The number of carbonyl (C=O) groups excluding carboxylic acids is 2. The monoisotopic (exact) mass is 614 g/mol. The van der Waals surface area contributed by atoms with E-state index in [4.69, 9.17) is 0 Å². The number of aliphatic hydroxyl groups is 2. The number of anilines is 1. The molecule has 0 saturated heterocycles.